The molecule has 1 aromatic heterocycles. The van der Waals surface area contributed by atoms with Crippen LogP contribution >= 0.6 is 11.8 Å². The lowest BCUT2D eigenvalue weighted by atomic mass is 10.2. The Hall–Kier alpha value is -2.87. The quantitative estimate of drug-likeness (QED) is 0.463. The highest BCUT2D eigenvalue weighted by atomic mass is 32.2. The van der Waals surface area contributed by atoms with Crippen LogP contribution in [0.25, 0.3) is 0 Å². The molecule has 0 aliphatic heterocycles. The number of anilines is 1. The fraction of sp³-hybridized carbons (Fsp3) is 0.348. The van der Waals surface area contributed by atoms with Gasteiger partial charge in [-0.1, -0.05) is 36.9 Å². The van der Waals surface area contributed by atoms with Crippen molar-refractivity contribution in [2.45, 2.75) is 51.9 Å². The summed E-state index contributed by atoms with van der Waals surface area (Å²) in [5.41, 5.74) is 2.14. The van der Waals surface area contributed by atoms with Gasteiger partial charge in [0.05, 0.1) is 5.75 Å². The molecule has 8 heteroatoms. The lowest BCUT2D eigenvalue weighted by molar-refractivity contribution is -0.113. The predicted octanol–water partition coefficient (Wildman–Crippen LogP) is 5.18. The van der Waals surface area contributed by atoms with E-state index in [1.807, 2.05) is 42.7 Å². The fourth-order valence-electron chi connectivity index (χ4n) is 3.12. The molecule has 6 nitrogen and oxygen atoms in total. The van der Waals surface area contributed by atoms with Crippen LogP contribution in [-0.4, -0.2) is 26.4 Å². The molecule has 0 unspecified atom stereocenters. The molecule has 164 valence electrons. The number of carbonyl (C=O) groups is 1. The van der Waals surface area contributed by atoms with Gasteiger partial charge in [0, 0.05) is 17.8 Å². The second-order valence-corrected chi connectivity index (χ2v) is 8.03. The summed E-state index contributed by atoms with van der Waals surface area (Å²) in [5.74, 6) is 1.03. The summed E-state index contributed by atoms with van der Waals surface area (Å²) in [4.78, 5) is 12.3. The lowest BCUT2D eigenvalue weighted by Crippen LogP contribution is -2.16. The van der Waals surface area contributed by atoms with E-state index in [1.165, 1.54) is 23.4 Å². The molecule has 0 fully saturated rings. The van der Waals surface area contributed by atoms with Crippen molar-refractivity contribution >= 4 is 23.4 Å². The maximum absolute atomic E-state index is 13.7. The maximum atomic E-state index is 13.7. The van der Waals surface area contributed by atoms with Gasteiger partial charge in [-0.15, -0.1) is 10.2 Å². The number of carbonyl (C=O) groups excluding carboxylic acids is 1. The minimum atomic E-state index is -0.348. The number of benzene rings is 2. The van der Waals surface area contributed by atoms with Gasteiger partial charge in [0.2, 0.25) is 5.91 Å². The first-order valence-corrected chi connectivity index (χ1v) is 11.3. The van der Waals surface area contributed by atoms with Crippen molar-refractivity contribution < 1.29 is 13.9 Å². The van der Waals surface area contributed by atoms with E-state index in [1.54, 1.807) is 19.1 Å². The SMILES string of the molecule is CCc1ccc(O[C@H](C)c2nnc(SCC(=O)Nc3cccc(F)c3C)n2CC)cc1. The Morgan fingerprint density at radius 2 is 1.94 bits per heavy atom. The Morgan fingerprint density at radius 3 is 2.61 bits per heavy atom. The molecule has 0 saturated heterocycles. The van der Waals surface area contributed by atoms with Crippen molar-refractivity contribution in [3.63, 3.8) is 0 Å². The predicted molar refractivity (Wildman–Crippen MR) is 121 cm³/mol. The number of nitrogens with zero attached hydrogens (tertiary/aromatic N) is 3. The van der Waals surface area contributed by atoms with E-state index in [0.717, 1.165) is 12.2 Å². The zero-order chi connectivity index (χ0) is 22.4. The second-order valence-electron chi connectivity index (χ2n) is 7.09. The van der Waals surface area contributed by atoms with Gasteiger partial charge in [0.1, 0.15) is 11.6 Å². The molecule has 3 aromatic rings. The maximum Gasteiger partial charge on any atom is 0.234 e. The molecule has 1 N–H and O–H groups in total. The van der Waals surface area contributed by atoms with Gasteiger partial charge in [0.15, 0.2) is 17.1 Å². The summed E-state index contributed by atoms with van der Waals surface area (Å²) in [7, 11) is 0. The standard InChI is InChI=1S/C23H27FN4O2S/c1-5-17-10-12-18(13-11-17)30-16(4)22-26-27-23(28(22)6-2)31-14-21(29)25-20-9-7-8-19(24)15(20)3/h7-13,16H,5-6,14H2,1-4H3,(H,25,29)/t16-/m1/s1. The van der Waals surface area contributed by atoms with E-state index in [-0.39, 0.29) is 23.6 Å². The van der Waals surface area contributed by atoms with E-state index in [0.29, 0.717) is 28.8 Å². The van der Waals surface area contributed by atoms with Crippen molar-refractivity contribution in [1.29, 1.82) is 0 Å². The van der Waals surface area contributed by atoms with Crippen LogP contribution in [0.3, 0.4) is 0 Å². The number of aryl methyl sites for hydroxylation is 1. The van der Waals surface area contributed by atoms with Crippen LogP contribution in [0.5, 0.6) is 5.75 Å². The highest BCUT2D eigenvalue weighted by Crippen LogP contribution is 2.25. The molecule has 1 atom stereocenters. The van der Waals surface area contributed by atoms with E-state index in [4.69, 9.17) is 4.74 Å². The molecule has 31 heavy (non-hydrogen) atoms. The molecule has 0 spiro atoms. The van der Waals surface area contributed by atoms with Crippen LogP contribution in [0.2, 0.25) is 0 Å². The molecule has 0 aliphatic carbocycles. The third-order valence-electron chi connectivity index (χ3n) is 4.94. The molecule has 2 aromatic carbocycles. The summed E-state index contributed by atoms with van der Waals surface area (Å²) in [6.07, 6.45) is 0.686. The van der Waals surface area contributed by atoms with E-state index >= 15 is 0 Å². The minimum Gasteiger partial charge on any atom is -0.483 e. The Balaban J connectivity index is 1.63. The van der Waals surface area contributed by atoms with Gasteiger partial charge in [-0.25, -0.2) is 4.39 Å². The van der Waals surface area contributed by atoms with Gasteiger partial charge in [0.25, 0.3) is 0 Å². The number of aromatic nitrogens is 3. The number of rotatable bonds is 9. The van der Waals surface area contributed by atoms with Crippen LogP contribution in [-0.2, 0) is 17.8 Å². The zero-order valence-corrected chi connectivity index (χ0v) is 19.0. The van der Waals surface area contributed by atoms with Crippen molar-refractivity contribution in [2.75, 3.05) is 11.1 Å². The van der Waals surface area contributed by atoms with Crippen molar-refractivity contribution in [2.24, 2.45) is 0 Å². The first-order chi connectivity index (χ1) is 14.9. The summed E-state index contributed by atoms with van der Waals surface area (Å²) in [5, 5.41) is 11.9. The van der Waals surface area contributed by atoms with Crippen LogP contribution in [0.15, 0.2) is 47.6 Å². The highest BCUT2D eigenvalue weighted by molar-refractivity contribution is 7.99. The Bertz CT molecular complexity index is 1040. The van der Waals surface area contributed by atoms with Crippen LogP contribution < -0.4 is 10.1 Å². The second kappa shape index (κ2) is 10.4. The van der Waals surface area contributed by atoms with E-state index in [2.05, 4.69) is 22.4 Å². The number of halogens is 1. The highest BCUT2D eigenvalue weighted by Gasteiger charge is 2.19. The third kappa shape index (κ3) is 5.64. The van der Waals surface area contributed by atoms with Gasteiger partial charge in [-0.3, -0.25) is 4.79 Å². The van der Waals surface area contributed by atoms with Gasteiger partial charge in [-0.2, -0.15) is 0 Å². The van der Waals surface area contributed by atoms with Crippen molar-refractivity contribution in [3.8, 4) is 5.75 Å². The summed E-state index contributed by atoms with van der Waals surface area (Å²) < 4.78 is 21.6. The first kappa shape index (κ1) is 22.8. The summed E-state index contributed by atoms with van der Waals surface area (Å²) in [6.45, 7) is 8.32. The Labute approximate surface area is 186 Å². The smallest absolute Gasteiger partial charge is 0.234 e. The van der Waals surface area contributed by atoms with Crippen LogP contribution in [0.4, 0.5) is 10.1 Å². The van der Waals surface area contributed by atoms with E-state index in [9.17, 15) is 9.18 Å². The summed E-state index contributed by atoms with van der Waals surface area (Å²) >= 11 is 1.29. The average molecular weight is 443 g/mol. The van der Waals surface area contributed by atoms with Gasteiger partial charge < -0.3 is 14.6 Å². The zero-order valence-electron chi connectivity index (χ0n) is 18.2. The first-order valence-electron chi connectivity index (χ1n) is 10.3. The largest absolute Gasteiger partial charge is 0.483 e. The topological polar surface area (TPSA) is 69.0 Å². The molecule has 3 rings (SSSR count). The van der Waals surface area contributed by atoms with Crippen LogP contribution in [0.1, 0.15) is 43.8 Å². The number of nitrogens with one attached hydrogen (secondary N) is 1. The molecule has 1 heterocycles. The Kier molecular flexibility index (Phi) is 7.68. The average Bonchev–Trinajstić information content (AvgIpc) is 3.19. The molecule has 0 radical (unpaired) electrons. The molecule has 0 aliphatic rings. The van der Waals surface area contributed by atoms with Crippen molar-refractivity contribution in [1.82, 2.24) is 14.8 Å². The van der Waals surface area contributed by atoms with Crippen LogP contribution in [0, 0.1) is 12.7 Å². The molecule has 1 amide bonds. The fourth-order valence-corrected chi connectivity index (χ4v) is 3.93. The monoisotopic (exact) mass is 442 g/mol. The van der Waals surface area contributed by atoms with E-state index < -0.39 is 0 Å². The number of ether oxygens (including phenoxy) is 1. The number of hydrogen-bond acceptors (Lipinski definition) is 5. The number of amides is 1. The summed E-state index contributed by atoms with van der Waals surface area (Å²) in [6, 6.07) is 12.6. The van der Waals surface area contributed by atoms with Gasteiger partial charge in [-0.05, 0) is 57.0 Å². The van der Waals surface area contributed by atoms with Crippen molar-refractivity contribution in [3.05, 3.63) is 65.2 Å². The number of hydrogen-bond donors (Lipinski definition) is 1. The number of thioether (sulfide) groups is 1. The normalized spacial score (nSPS) is 11.9. The minimum absolute atomic E-state index is 0.141. The van der Waals surface area contributed by atoms with Gasteiger partial charge >= 0.3 is 0 Å². The molecular weight excluding hydrogens is 415 g/mol. The third-order valence-corrected chi connectivity index (χ3v) is 5.91. The Morgan fingerprint density at radius 1 is 1.19 bits per heavy atom. The molecule has 0 saturated carbocycles. The lowest BCUT2D eigenvalue weighted by Gasteiger charge is -2.16. The molecular formula is C23H27FN4O2S. The molecule has 0 bridgehead atoms.